The van der Waals surface area contributed by atoms with Crippen molar-refractivity contribution in [1.82, 2.24) is 20.1 Å². The van der Waals surface area contributed by atoms with E-state index in [4.69, 9.17) is 4.74 Å². The zero-order valence-electron chi connectivity index (χ0n) is 9.73. The lowest BCUT2D eigenvalue weighted by atomic mass is 10.2. The van der Waals surface area contributed by atoms with Crippen LogP contribution in [0.25, 0.3) is 0 Å². The zero-order chi connectivity index (χ0) is 11.1. The van der Waals surface area contributed by atoms with Crippen LogP contribution in [-0.4, -0.2) is 41.1 Å². The van der Waals surface area contributed by atoms with E-state index in [0.29, 0.717) is 6.04 Å². The molecule has 0 aliphatic rings. The number of aryl methyl sites for hydroxylation is 1. The third-order valence-electron chi connectivity index (χ3n) is 2.40. The molecule has 1 unspecified atom stereocenters. The maximum atomic E-state index is 5.02. The quantitative estimate of drug-likeness (QED) is 0.709. The fourth-order valence-electron chi connectivity index (χ4n) is 1.36. The molecule has 0 aliphatic heterocycles. The van der Waals surface area contributed by atoms with Crippen LogP contribution in [0.15, 0.2) is 6.33 Å². The number of ether oxygens (including phenoxy) is 1. The van der Waals surface area contributed by atoms with Crippen molar-refractivity contribution < 1.29 is 4.74 Å². The summed E-state index contributed by atoms with van der Waals surface area (Å²) in [6.45, 7) is 3.89. The summed E-state index contributed by atoms with van der Waals surface area (Å²) < 4.78 is 6.96. The van der Waals surface area contributed by atoms with Crippen molar-refractivity contribution >= 4 is 0 Å². The fraction of sp³-hybridized carbons (Fsp3) is 0.800. The van der Waals surface area contributed by atoms with E-state index in [1.165, 1.54) is 0 Å². The highest BCUT2D eigenvalue weighted by atomic mass is 16.5. The van der Waals surface area contributed by atoms with Crippen LogP contribution in [0.5, 0.6) is 0 Å². The molecule has 5 nitrogen and oxygen atoms in total. The number of methoxy groups -OCH3 is 1. The lowest BCUT2D eigenvalue weighted by Crippen LogP contribution is -2.29. The van der Waals surface area contributed by atoms with Crippen LogP contribution in [0.2, 0.25) is 0 Å². The van der Waals surface area contributed by atoms with Gasteiger partial charge in [0.05, 0.1) is 0 Å². The Morgan fingerprint density at radius 3 is 3.00 bits per heavy atom. The molecule has 0 saturated carbocycles. The summed E-state index contributed by atoms with van der Waals surface area (Å²) in [5.41, 5.74) is 0. The monoisotopic (exact) mass is 212 g/mol. The van der Waals surface area contributed by atoms with Gasteiger partial charge in [-0.1, -0.05) is 0 Å². The predicted molar refractivity (Wildman–Crippen MR) is 58.7 cm³/mol. The highest BCUT2D eigenvalue weighted by molar-refractivity contribution is 4.85. The lowest BCUT2D eigenvalue weighted by Gasteiger charge is -2.12. The SMILES string of the molecule is COCCC(C)NCCc1nncn1C. The Morgan fingerprint density at radius 1 is 1.60 bits per heavy atom. The van der Waals surface area contributed by atoms with E-state index in [2.05, 4.69) is 22.4 Å². The highest BCUT2D eigenvalue weighted by Gasteiger charge is 2.03. The average molecular weight is 212 g/mol. The zero-order valence-corrected chi connectivity index (χ0v) is 9.73. The Kier molecular flexibility index (Phi) is 5.28. The molecule has 15 heavy (non-hydrogen) atoms. The van der Waals surface area contributed by atoms with Crippen LogP contribution in [-0.2, 0) is 18.2 Å². The second-order valence-electron chi connectivity index (χ2n) is 3.74. The Bertz CT molecular complexity index is 274. The van der Waals surface area contributed by atoms with Gasteiger partial charge in [-0.3, -0.25) is 0 Å². The maximum absolute atomic E-state index is 5.02. The molecule has 0 aromatic carbocycles. The van der Waals surface area contributed by atoms with Crippen LogP contribution in [0.1, 0.15) is 19.2 Å². The van der Waals surface area contributed by atoms with Gasteiger partial charge < -0.3 is 14.6 Å². The Hall–Kier alpha value is -0.940. The van der Waals surface area contributed by atoms with Crippen LogP contribution < -0.4 is 5.32 Å². The molecule has 1 aromatic rings. The molecule has 86 valence electrons. The summed E-state index contributed by atoms with van der Waals surface area (Å²) in [4.78, 5) is 0. The standard InChI is InChI=1S/C10H20N4O/c1-9(5-7-15-3)11-6-4-10-13-12-8-14(10)2/h8-9,11H,4-7H2,1-3H3. The molecule has 1 aromatic heterocycles. The maximum Gasteiger partial charge on any atom is 0.133 e. The Balaban J connectivity index is 2.13. The summed E-state index contributed by atoms with van der Waals surface area (Å²) in [5.74, 6) is 1.02. The van der Waals surface area contributed by atoms with Gasteiger partial charge in [-0.25, -0.2) is 0 Å². The van der Waals surface area contributed by atoms with Gasteiger partial charge in [0.2, 0.25) is 0 Å². The first-order valence-corrected chi connectivity index (χ1v) is 5.29. The molecule has 0 amide bonds. The number of hydrogen-bond acceptors (Lipinski definition) is 4. The van der Waals surface area contributed by atoms with E-state index < -0.39 is 0 Å². The molecule has 1 rings (SSSR count). The number of nitrogens with zero attached hydrogens (tertiary/aromatic N) is 3. The van der Waals surface area contributed by atoms with Crippen LogP contribution in [0.3, 0.4) is 0 Å². The summed E-state index contributed by atoms with van der Waals surface area (Å²) in [6, 6.07) is 0.484. The second-order valence-corrected chi connectivity index (χ2v) is 3.74. The molecule has 0 radical (unpaired) electrons. The molecular formula is C10H20N4O. The minimum absolute atomic E-state index is 0.484. The van der Waals surface area contributed by atoms with Crippen molar-refractivity contribution in [2.45, 2.75) is 25.8 Å². The fourth-order valence-corrected chi connectivity index (χ4v) is 1.36. The molecule has 1 heterocycles. The number of nitrogens with one attached hydrogen (secondary N) is 1. The summed E-state index contributed by atoms with van der Waals surface area (Å²) in [5, 5.41) is 11.3. The number of aromatic nitrogens is 3. The summed E-state index contributed by atoms with van der Waals surface area (Å²) in [7, 11) is 3.69. The molecule has 0 aliphatic carbocycles. The summed E-state index contributed by atoms with van der Waals surface area (Å²) in [6.07, 6.45) is 3.67. The van der Waals surface area contributed by atoms with Gasteiger partial charge in [0.25, 0.3) is 0 Å². The third-order valence-corrected chi connectivity index (χ3v) is 2.40. The minimum Gasteiger partial charge on any atom is -0.385 e. The first-order valence-electron chi connectivity index (χ1n) is 5.29. The van der Waals surface area contributed by atoms with Gasteiger partial charge in [-0.05, 0) is 13.3 Å². The molecule has 0 fully saturated rings. The van der Waals surface area contributed by atoms with Crippen LogP contribution >= 0.6 is 0 Å². The molecule has 1 atom stereocenters. The van der Waals surface area contributed by atoms with Crippen molar-refractivity contribution in [2.75, 3.05) is 20.3 Å². The van der Waals surface area contributed by atoms with Crippen LogP contribution in [0, 0.1) is 0 Å². The molecule has 0 saturated heterocycles. The number of hydrogen-bond donors (Lipinski definition) is 1. The van der Waals surface area contributed by atoms with Gasteiger partial charge in [-0.2, -0.15) is 0 Å². The Labute approximate surface area is 90.8 Å². The molecule has 5 heteroatoms. The van der Waals surface area contributed by atoms with Crippen molar-refractivity contribution in [2.24, 2.45) is 7.05 Å². The van der Waals surface area contributed by atoms with Crippen LogP contribution in [0.4, 0.5) is 0 Å². The van der Waals surface area contributed by atoms with Gasteiger partial charge >= 0.3 is 0 Å². The lowest BCUT2D eigenvalue weighted by molar-refractivity contribution is 0.185. The highest BCUT2D eigenvalue weighted by Crippen LogP contribution is 1.94. The van der Waals surface area contributed by atoms with E-state index in [1.54, 1.807) is 13.4 Å². The molecule has 0 spiro atoms. The van der Waals surface area contributed by atoms with Crippen molar-refractivity contribution in [3.05, 3.63) is 12.2 Å². The summed E-state index contributed by atoms with van der Waals surface area (Å²) >= 11 is 0. The number of rotatable bonds is 7. The first kappa shape index (κ1) is 12.1. The minimum atomic E-state index is 0.484. The topological polar surface area (TPSA) is 52.0 Å². The van der Waals surface area contributed by atoms with Gasteiger partial charge in [0.15, 0.2) is 0 Å². The van der Waals surface area contributed by atoms with Crippen molar-refractivity contribution in [3.63, 3.8) is 0 Å². The smallest absolute Gasteiger partial charge is 0.133 e. The predicted octanol–water partition coefficient (Wildman–Crippen LogP) is 0.372. The van der Waals surface area contributed by atoms with E-state index in [-0.39, 0.29) is 0 Å². The Morgan fingerprint density at radius 2 is 2.40 bits per heavy atom. The van der Waals surface area contributed by atoms with E-state index in [1.807, 2.05) is 11.6 Å². The normalized spacial score (nSPS) is 13.0. The van der Waals surface area contributed by atoms with Crippen molar-refractivity contribution in [3.8, 4) is 0 Å². The molecule has 0 bridgehead atoms. The van der Waals surface area contributed by atoms with E-state index >= 15 is 0 Å². The third kappa shape index (κ3) is 4.40. The molecular weight excluding hydrogens is 192 g/mol. The van der Waals surface area contributed by atoms with Crippen molar-refractivity contribution in [1.29, 1.82) is 0 Å². The average Bonchev–Trinajstić information content (AvgIpc) is 2.61. The molecule has 1 N–H and O–H groups in total. The van der Waals surface area contributed by atoms with E-state index in [0.717, 1.165) is 31.8 Å². The first-order chi connectivity index (χ1) is 7.24. The van der Waals surface area contributed by atoms with Gasteiger partial charge in [0, 0.05) is 39.8 Å². The van der Waals surface area contributed by atoms with Gasteiger partial charge in [-0.15, -0.1) is 10.2 Å². The van der Waals surface area contributed by atoms with Gasteiger partial charge in [0.1, 0.15) is 12.2 Å². The van der Waals surface area contributed by atoms with E-state index in [9.17, 15) is 0 Å². The largest absolute Gasteiger partial charge is 0.385 e. The second kappa shape index (κ2) is 6.53.